The Kier molecular flexibility index (Phi) is 3.89. The first-order chi connectivity index (χ1) is 11.4. The summed E-state index contributed by atoms with van der Waals surface area (Å²) in [5.74, 6) is -0.392. The highest BCUT2D eigenvalue weighted by atomic mass is 16.1. The number of fused-ring (bicyclic) bond motifs is 2. The molecule has 0 aromatic heterocycles. The van der Waals surface area contributed by atoms with Gasteiger partial charge in [0.25, 0.3) is 0 Å². The van der Waals surface area contributed by atoms with Crippen molar-refractivity contribution >= 4 is 22.9 Å². The first kappa shape index (κ1) is 16.2. The molecule has 0 radical (unpaired) electrons. The minimum atomic E-state index is -0.307. The summed E-state index contributed by atoms with van der Waals surface area (Å²) in [6, 6.07) is 10.3. The smallest absolute Gasteiger partial charge is 0.196 e. The van der Waals surface area contributed by atoms with Crippen LogP contribution in [0.1, 0.15) is 52.1 Å². The molecule has 124 valence electrons. The van der Waals surface area contributed by atoms with E-state index >= 15 is 0 Å². The number of rotatable bonds is 4. The van der Waals surface area contributed by atoms with E-state index in [1.54, 1.807) is 36.4 Å². The molecular weight excluding hydrogens is 302 g/mol. The summed E-state index contributed by atoms with van der Waals surface area (Å²) < 4.78 is 0. The van der Waals surface area contributed by atoms with E-state index in [0.29, 0.717) is 34.6 Å². The summed E-state index contributed by atoms with van der Waals surface area (Å²) >= 11 is 0. The third-order valence-electron chi connectivity index (χ3n) is 4.35. The molecule has 5 heteroatoms. The predicted octanol–water partition coefficient (Wildman–Crippen LogP) is 2.58. The minimum absolute atomic E-state index is 0.182. The van der Waals surface area contributed by atoms with Gasteiger partial charge in [0.05, 0.1) is 11.1 Å². The topological polar surface area (TPSA) is 98.2 Å². The van der Waals surface area contributed by atoms with E-state index in [-0.39, 0.29) is 22.7 Å². The molecule has 0 saturated carbocycles. The molecule has 24 heavy (non-hydrogen) atoms. The Morgan fingerprint density at radius 3 is 2.12 bits per heavy atom. The lowest BCUT2D eigenvalue weighted by molar-refractivity contribution is 0.0980. The lowest BCUT2D eigenvalue weighted by Crippen LogP contribution is -2.35. The summed E-state index contributed by atoms with van der Waals surface area (Å²) in [6.45, 7) is 4.53. The van der Waals surface area contributed by atoms with Crippen LogP contribution in [0.5, 0.6) is 0 Å². The van der Waals surface area contributed by atoms with E-state index in [1.165, 1.54) is 0 Å². The van der Waals surface area contributed by atoms with Crippen LogP contribution in [0, 0.1) is 0 Å². The SMILES string of the molecule is CC(C)(CCN)Nc1ccc(N)c2c1C(=O)c1ccccc1C2=O. The zero-order valence-electron chi connectivity index (χ0n) is 13.8. The molecule has 0 spiro atoms. The number of ketones is 2. The summed E-state index contributed by atoms with van der Waals surface area (Å²) in [4.78, 5) is 25.8. The van der Waals surface area contributed by atoms with Crippen molar-refractivity contribution < 1.29 is 9.59 Å². The van der Waals surface area contributed by atoms with Gasteiger partial charge in [-0.05, 0) is 38.9 Å². The maximum atomic E-state index is 13.0. The Bertz CT molecular complexity index is 841. The first-order valence-corrected chi connectivity index (χ1v) is 7.95. The molecule has 5 N–H and O–H groups in total. The Labute approximate surface area is 141 Å². The van der Waals surface area contributed by atoms with Gasteiger partial charge in [-0.2, -0.15) is 0 Å². The van der Waals surface area contributed by atoms with Crippen LogP contribution in [0.2, 0.25) is 0 Å². The number of hydrogen-bond donors (Lipinski definition) is 3. The zero-order valence-corrected chi connectivity index (χ0v) is 13.8. The third-order valence-corrected chi connectivity index (χ3v) is 4.35. The van der Waals surface area contributed by atoms with Gasteiger partial charge >= 0.3 is 0 Å². The van der Waals surface area contributed by atoms with Crippen molar-refractivity contribution in [3.63, 3.8) is 0 Å². The second kappa shape index (κ2) is 5.76. The van der Waals surface area contributed by atoms with E-state index < -0.39 is 0 Å². The second-order valence-corrected chi connectivity index (χ2v) is 6.70. The van der Waals surface area contributed by atoms with Crippen LogP contribution >= 0.6 is 0 Å². The number of benzene rings is 2. The molecule has 0 bridgehead atoms. The Morgan fingerprint density at radius 1 is 0.958 bits per heavy atom. The molecule has 5 nitrogen and oxygen atoms in total. The highest BCUT2D eigenvalue weighted by Crippen LogP contribution is 2.36. The van der Waals surface area contributed by atoms with Gasteiger partial charge in [-0.25, -0.2) is 0 Å². The van der Waals surface area contributed by atoms with Gasteiger partial charge in [-0.3, -0.25) is 9.59 Å². The fourth-order valence-corrected chi connectivity index (χ4v) is 3.14. The Hall–Kier alpha value is -2.66. The minimum Gasteiger partial charge on any atom is -0.398 e. The van der Waals surface area contributed by atoms with Gasteiger partial charge in [0.15, 0.2) is 11.6 Å². The highest BCUT2D eigenvalue weighted by molar-refractivity contribution is 6.31. The van der Waals surface area contributed by atoms with Crippen LogP contribution in [-0.4, -0.2) is 23.7 Å². The molecule has 2 aromatic rings. The lowest BCUT2D eigenvalue weighted by Gasteiger charge is -2.30. The van der Waals surface area contributed by atoms with Crippen molar-refractivity contribution in [2.45, 2.75) is 25.8 Å². The Morgan fingerprint density at radius 2 is 1.54 bits per heavy atom. The van der Waals surface area contributed by atoms with Crippen molar-refractivity contribution in [3.05, 3.63) is 58.7 Å². The molecule has 3 rings (SSSR count). The standard InChI is InChI=1S/C19H21N3O2/c1-19(2,9-10-20)22-14-8-7-13(21)15-16(14)18(24)12-6-4-3-5-11(12)17(15)23/h3-8,22H,9-10,20-21H2,1-2H3. The largest absolute Gasteiger partial charge is 0.398 e. The molecule has 0 fully saturated rings. The van der Waals surface area contributed by atoms with Crippen molar-refractivity contribution in [2.24, 2.45) is 5.73 Å². The number of hydrogen-bond acceptors (Lipinski definition) is 5. The van der Waals surface area contributed by atoms with Crippen molar-refractivity contribution in [1.82, 2.24) is 0 Å². The monoisotopic (exact) mass is 323 g/mol. The quantitative estimate of drug-likeness (QED) is 0.641. The van der Waals surface area contributed by atoms with Crippen molar-refractivity contribution in [3.8, 4) is 0 Å². The van der Waals surface area contributed by atoms with Gasteiger partial charge in [0, 0.05) is 28.0 Å². The summed E-state index contributed by atoms with van der Waals surface area (Å²) in [5, 5.41) is 3.35. The van der Waals surface area contributed by atoms with Crippen LogP contribution in [0.4, 0.5) is 11.4 Å². The van der Waals surface area contributed by atoms with E-state index in [4.69, 9.17) is 11.5 Å². The van der Waals surface area contributed by atoms with E-state index in [9.17, 15) is 9.59 Å². The van der Waals surface area contributed by atoms with E-state index in [2.05, 4.69) is 5.32 Å². The first-order valence-electron chi connectivity index (χ1n) is 7.95. The van der Waals surface area contributed by atoms with Crippen LogP contribution in [0.15, 0.2) is 36.4 Å². The molecule has 0 amide bonds. The number of carbonyl (C=O) groups is 2. The van der Waals surface area contributed by atoms with Crippen molar-refractivity contribution in [2.75, 3.05) is 17.6 Å². The summed E-state index contributed by atoms with van der Waals surface area (Å²) in [6.07, 6.45) is 0.727. The molecule has 0 saturated heterocycles. The molecule has 1 aliphatic rings. The molecule has 0 atom stereocenters. The predicted molar refractivity (Wildman–Crippen MR) is 95.5 cm³/mol. The fourth-order valence-electron chi connectivity index (χ4n) is 3.14. The molecular formula is C19H21N3O2. The number of anilines is 2. The number of nitrogen functional groups attached to an aromatic ring is 1. The van der Waals surface area contributed by atoms with Gasteiger partial charge in [-0.15, -0.1) is 0 Å². The van der Waals surface area contributed by atoms with Gasteiger partial charge < -0.3 is 16.8 Å². The van der Waals surface area contributed by atoms with Crippen LogP contribution < -0.4 is 16.8 Å². The highest BCUT2D eigenvalue weighted by Gasteiger charge is 2.34. The van der Waals surface area contributed by atoms with Gasteiger partial charge in [0.2, 0.25) is 0 Å². The average molecular weight is 323 g/mol. The third kappa shape index (κ3) is 2.57. The maximum Gasteiger partial charge on any atom is 0.196 e. The molecule has 0 heterocycles. The lowest BCUT2D eigenvalue weighted by atomic mass is 9.82. The van der Waals surface area contributed by atoms with Gasteiger partial charge in [-0.1, -0.05) is 24.3 Å². The fraction of sp³-hybridized carbons (Fsp3) is 0.263. The number of nitrogens with one attached hydrogen (secondary N) is 1. The average Bonchev–Trinajstić information content (AvgIpc) is 2.54. The molecule has 0 aliphatic heterocycles. The van der Waals surface area contributed by atoms with E-state index in [1.807, 2.05) is 13.8 Å². The van der Waals surface area contributed by atoms with Crippen LogP contribution in [0.3, 0.4) is 0 Å². The molecule has 1 aliphatic carbocycles. The van der Waals surface area contributed by atoms with Crippen LogP contribution in [0.25, 0.3) is 0 Å². The van der Waals surface area contributed by atoms with Crippen molar-refractivity contribution in [1.29, 1.82) is 0 Å². The second-order valence-electron chi connectivity index (χ2n) is 6.70. The summed E-state index contributed by atoms with van der Waals surface area (Å²) in [5.41, 5.74) is 13.8. The summed E-state index contributed by atoms with van der Waals surface area (Å²) in [7, 11) is 0. The molecule has 0 unspecified atom stereocenters. The zero-order chi connectivity index (χ0) is 17.5. The maximum absolute atomic E-state index is 13.0. The number of carbonyl (C=O) groups excluding carboxylic acids is 2. The normalized spacial score (nSPS) is 13.5. The Balaban J connectivity index is 2.17. The van der Waals surface area contributed by atoms with Crippen LogP contribution in [-0.2, 0) is 0 Å². The number of nitrogens with two attached hydrogens (primary N) is 2. The van der Waals surface area contributed by atoms with Gasteiger partial charge in [0.1, 0.15) is 0 Å². The van der Waals surface area contributed by atoms with E-state index in [0.717, 1.165) is 6.42 Å². The molecule has 2 aromatic carbocycles.